The zero-order valence-electron chi connectivity index (χ0n) is 15.5. The topological polar surface area (TPSA) is 76.7 Å². The van der Waals surface area contributed by atoms with Crippen LogP contribution in [0, 0.1) is 0 Å². The Morgan fingerprint density at radius 1 is 1.29 bits per heavy atom. The highest BCUT2D eigenvalue weighted by Gasteiger charge is 2.43. The first-order valence-electron chi connectivity index (χ1n) is 9.11. The van der Waals surface area contributed by atoms with Crippen molar-refractivity contribution in [1.82, 2.24) is 0 Å². The first-order valence-corrected chi connectivity index (χ1v) is 9.11. The van der Waals surface area contributed by atoms with Crippen molar-refractivity contribution in [2.24, 2.45) is 0 Å². The van der Waals surface area contributed by atoms with Gasteiger partial charge in [0, 0.05) is 11.5 Å². The fraction of sp³-hybridized carbons (Fsp3) is 0.217. The van der Waals surface area contributed by atoms with E-state index in [-0.39, 0.29) is 22.8 Å². The highest BCUT2D eigenvalue weighted by molar-refractivity contribution is 5.92. The molecule has 1 aliphatic carbocycles. The molecule has 0 bridgehead atoms. The van der Waals surface area contributed by atoms with Crippen molar-refractivity contribution in [2.45, 2.75) is 24.7 Å². The van der Waals surface area contributed by atoms with Gasteiger partial charge in [0.25, 0.3) is 0 Å². The van der Waals surface area contributed by atoms with Gasteiger partial charge in [-0.25, -0.2) is 4.79 Å². The molecule has 0 radical (unpaired) electrons. The summed E-state index contributed by atoms with van der Waals surface area (Å²) in [7, 11) is 1.64. The molecule has 4 rings (SSSR count). The first kappa shape index (κ1) is 18.0. The molecule has 2 unspecified atom stereocenters. The van der Waals surface area contributed by atoms with Crippen LogP contribution in [0.3, 0.4) is 0 Å². The van der Waals surface area contributed by atoms with Gasteiger partial charge in [-0.1, -0.05) is 18.2 Å². The van der Waals surface area contributed by atoms with Crippen LogP contribution in [0.2, 0.25) is 0 Å². The van der Waals surface area contributed by atoms with Crippen LogP contribution >= 0.6 is 0 Å². The lowest BCUT2D eigenvalue weighted by Crippen LogP contribution is -2.13. The number of methoxy groups -OCH3 is 1. The van der Waals surface area contributed by atoms with Crippen molar-refractivity contribution in [3.8, 4) is 5.75 Å². The van der Waals surface area contributed by atoms with E-state index in [1.54, 1.807) is 19.3 Å². The van der Waals surface area contributed by atoms with E-state index in [2.05, 4.69) is 12.6 Å². The summed E-state index contributed by atoms with van der Waals surface area (Å²) in [6.07, 6.45) is 2.94. The summed E-state index contributed by atoms with van der Waals surface area (Å²) in [5.74, 6) is 0.774. The summed E-state index contributed by atoms with van der Waals surface area (Å²) < 4.78 is 11.4. The minimum Gasteiger partial charge on any atom is -0.497 e. The van der Waals surface area contributed by atoms with Crippen LogP contribution in [0.4, 0.5) is 0 Å². The molecule has 142 valence electrons. The molecule has 2 aromatic carbocycles. The number of benzene rings is 2. The van der Waals surface area contributed by atoms with Crippen LogP contribution < -0.4 is 10.2 Å². The van der Waals surface area contributed by atoms with Crippen LogP contribution in [-0.4, -0.2) is 18.2 Å². The maximum Gasteiger partial charge on any atom is 0.335 e. The molecule has 2 atom stereocenters. The smallest absolute Gasteiger partial charge is 0.335 e. The monoisotopic (exact) mass is 376 g/mol. The predicted molar refractivity (Wildman–Crippen MR) is 106 cm³/mol. The van der Waals surface area contributed by atoms with Gasteiger partial charge in [0.1, 0.15) is 17.1 Å². The van der Waals surface area contributed by atoms with Crippen LogP contribution in [0.25, 0.3) is 11.0 Å². The van der Waals surface area contributed by atoms with Crippen LogP contribution in [0.15, 0.2) is 64.3 Å². The number of rotatable bonds is 6. The fourth-order valence-corrected chi connectivity index (χ4v) is 3.75. The third-order valence-corrected chi connectivity index (χ3v) is 5.26. The van der Waals surface area contributed by atoms with Gasteiger partial charge in [0.05, 0.1) is 18.1 Å². The normalized spacial score (nSPS) is 18.0. The Bertz CT molecular complexity index is 1140. The van der Waals surface area contributed by atoms with E-state index in [0.29, 0.717) is 28.7 Å². The molecule has 1 aliphatic rings. The summed E-state index contributed by atoms with van der Waals surface area (Å²) >= 11 is 0. The number of hydrogen-bond donors (Lipinski definition) is 1. The summed E-state index contributed by atoms with van der Waals surface area (Å²) in [5.41, 5.74) is 2.00. The lowest BCUT2D eigenvalue weighted by molar-refractivity contribution is 0.0697. The lowest BCUT2D eigenvalue weighted by Gasteiger charge is -2.10. The predicted octanol–water partition coefficient (Wildman–Crippen LogP) is 4.50. The molecule has 1 saturated carbocycles. The van der Waals surface area contributed by atoms with Crippen molar-refractivity contribution < 1.29 is 19.1 Å². The second-order valence-electron chi connectivity index (χ2n) is 7.01. The number of fused-ring (bicyclic) bond motifs is 1. The van der Waals surface area contributed by atoms with Gasteiger partial charge in [-0.3, -0.25) is 4.79 Å². The van der Waals surface area contributed by atoms with Gasteiger partial charge < -0.3 is 14.3 Å². The summed E-state index contributed by atoms with van der Waals surface area (Å²) in [6.45, 7) is 3.75. The molecular weight excluding hydrogens is 356 g/mol. The summed E-state index contributed by atoms with van der Waals surface area (Å²) in [5, 5.41) is 9.50. The van der Waals surface area contributed by atoms with E-state index >= 15 is 0 Å². The van der Waals surface area contributed by atoms with Gasteiger partial charge in [-0.05, 0) is 54.7 Å². The molecule has 5 heteroatoms. The number of hydrogen-bond acceptors (Lipinski definition) is 4. The molecular formula is C23H20O5. The molecule has 5 nitrogen and oxygen atoms in total. The molecule has 1 N–H and O–H groups in total. The third-order valence-electron chi connectivity index (χ3n) is 5.26. The molecule has 1 aromatic heterocycles. The largest absolute Gasteiger partial charge is 0.497 e. The molecule has 0 saturated heterocycles. The van der Waals surface area contributed by atoms with Crippen LogP contribution in [-0.2, 0) is 6.42 Å². The summed E-state index contributed by atoms with van der Waals surface area (Å²) in [4.78, 5) is 24.3. The third kappa shape index (κ3) is 3.09. The highest BCUT2D eigenvalue weighted by atomic mass is 16.5. The number of carboxylic acid groups (broad SMARTS) is 1. The number of carbonyl (C=O) groups is 1. The maximum atomic E-state index is 13.1. The van der Waals surface area contributed by atoms with Gasteiger partial charge >= 0.3 is 5.97 Å². The van der Waals surface area contributed by atoms with Gasteiger partial charge in [0.15, 0.2) is 5.43 Å². The SMILES string of the molecule is C=CCc1c(C2CC2c2cccc(OC)c2)oc2ccc(C(=O)O)cc2c1=O. The van der Waals surface area contributed by atoms with Gasteiger partial charge in [-0.2, -0.15) is 0 Å². The van der Waals surface area contributed by atoms with E-state index in [9.17, 15) is 14.7 Å². The summed E-state index contributed by atoms with van der Waals surface area (Å²) in [6, 6.07) is 12.3. The average Bonchev–Trinajstić information content (AvgIpc) is 3.50. The van der Waals surface area contributed by atoms with E-state index < -0.39 is 5.97 Å². The Kier molecular flexibility index (Phi) is 4.51. The van der Waals surface area contributed by atoms with E-state index in [1.165, 1.54) is 12.1 Å². The Morgan fingerprint density at radius 2 is 2.11 bits per heavy atom. The number of ether oxygens (including phenoxy) is 1. The molecule has 3 aromatic rings. The quantitative estimate of drug-likeness (QED) is 0.641. The zero-order chi connectivity index (χ0) is 19.8. The number of carboxylic acids is 1. The minimum absolute atomic E-state index is 0.0674. The maximum absolute atomic E-state index is 13.1. The minimum atomic E-state index is -1.07. The van der Waals surface area contributed by atoms with Gasteiger partial charge in [-0.15, -0.1) is 6.58 Å². The Morgan fingerprint density at radius 3 is 2.82 bits per heavy atom. The molecule has 0 spiro atoms. The number of allylic oxidation sites excluding steroid dienone is 1. The molecule has 28 heavy (non-hydrogen) atoms. The fourth-order valence-electron chi connectivity index (χ4n) is 3.75. The van der Waals surface area contributed by atoms with Crippen molar-refractivity contribution >= 4 is 16.9 Å². The Labute approximate surface area is 161 Å². The van der Waals surface area contributed by atoms with Gasteiger partial charge in [0.2, 0.25) is 0 Å². The standard InChI is InChI=1S/C23H20O5/c1-3-5-16-21(24)19-11-14(23(25)26)8-9-20(19)28-22(16)18-12-17(18)13-6-4-7-15(10-13)27-2/h3-4,6-11,17-18H,1,5,12H2,2H3,(H,25,26). The highest BCUT2D eigenvalue weighted by Crippen LogP contribution is 2.55. The van der Waals surface area contributed by atoms with E-state index in [0.717, 1.165) is 17.7 Å². The van der Waals surface area contributed by atoms with Crippen molar-refractivity contribution in [3.05, 3.63) is 87.8 Å². The van der Waals surface area contributed by atoms with Crippen LogP contribution in [0.5, 0.6) is 5.75 Å². The van der Waals surface area contributed by atoms with E-state index in [1.807, 2.05) is 18.2 Å². The Hall–Kier alpha value is -3.34. The average molecular weight is 376 g/mol. The zero-order valence-corrected chi connectivity index (χ0v) is 15.5. The Balaban J connectivity index is 1.79. The van der Waals surface area contributed by atoms with E-state index in [4.69, 9.17) is 9.15 Å². The first-order chi connectivity index (χ1) is 13.5. The molecule has 1 fully saturated rings. The number of aromatic carboxylic acids is 1. The molecule has 0 amide bonds. The lowest BCUT2D eigenvalue weighted by atomic mass is 10.0. The van der Waals surface area contributed by atoms with Crippen molar-refractivity contribution in [3.63, 3.8) is 0 Å². The molecule has 0 aliphatic heterocycles. The second kappa shape index (κ2) is 7.00. The second-order valence-corrected chi connectivity index (χ2v) is 7.01. The molecule has 1 heterocycles. The van der Waals surface area contributed by atoms with Crippen molar-refractivity contribution in [2.75, 3.05) is 7.11 Å². The van der Waals surface area contributed by atoms with Crippen LogP contribution in [0.1, 0.15) is 45.5 Å². The van der Waals surface area contributed by atoms with Crippen molar-refractivity contribution in [1.29, 1.82) is 0 Å².